The molecule has 6 rings (SSSR count). The molecule has 47 heavy (non-hydrogen) atoms. The zero-order valence-corrected chi connectivity index (χ0v) is 28.3. The summed E-state index contributed by atoms with van der Waals surface area (Å²) in [7, 11) is 3.22. The van der Waals surface area contributed by atoms with Crippen LogP contribution in [0.3, 0.4) is 0 Å². The first-order chi connectivity index (χ1) is 22.8. The lowest BCUT2D eigenvalue weighted by molar-refractivity contribution is -0.114. The minimum Gasteiger partial charge on any atom is -0.497 e. The largest absolute Gasteiger partial charge is 0.497 e. The lowest BCUT2D eigenvalue weighted by Gasteiger charge is -2.11. The van der Waals surface area contributed by atoms with Crippen molar-refractivity contribution < 1.29 is 19.1 Å². The van der Waals surface area contributed by atoms with Crippen molar-refractivity contribution in [3.05, 3.63) is 94.0 Å². The van der Waals surface area contributed by atoms with E-state index >= 15 is 0 Å². The van der Waals surface area contributed by atoms with E-state index in [1.54, 1.807) is 26.4 Å². The number of benzene rings is 4. The molecule has 4 aromatic carbocycles. The van der Waals surface area contributed by atoms with Gasteiger partial charge in [0.2, 0.25) is 11.8 Å². The Morgan fingerprint density at radius 3 is 1.53 bits per heavy atom. The van der Waals surface area contributed by atoms with Gasteiger partial charge in [0.15, 0.2) is 10.3 Å². The van der Waals surface area contributed by atoms with E-state index in [0.717, 1.165) is 44.7 Å². The van der Waals surface area contributed by atoms with Gasteiger partial charge in [0.25, 0.3) is 0 Å². The van der Waals surface area contributed by atoms with Crippen molar-refractivity contribution in [3.63, 3.8) is 0 Å². The Labute approximate surface area is 288 Å². The standard InChI is InChI=1S/C33H28Cl2N6O4S2/c1-44-20-5-9-26-28(14-20)40-32(38-26)46-16-30(42)36-24-7-3-18(12-22(24)34)11-19-4-8-25(23(35)13-19)37-31(43)17-47-33-39-27-10-6-21(45-2)15-29(27)41-33/h3-10,12-15H,11,16-17H2,1-2H3,(H,36,42)(H,37,43)(H,38,40)(H,39,41). The van der Waals surface area contributed by atoms with Gasteiger partial charge in [0, 0.05) is 12.1 Å². The second-order valence-corrected chi connectivity index (χ2v) is 13.1. The number of fused-ring (bicyclic) bond motifs is 2. The van der Waals surface area contributed by atoms with Crippen LogP contribution in [0.1, 0.15) is 11.1 Å². The van der Waals surface area contributed by atoms with Crippen LogP contribution < -0.4 is 20.1 Å². The van der Waals surface area contributed by atoms with Gasteiger partial charge < -0.3 is 30.1 Å². The first-order valence-corrected chi connectivity index (χ1v) is 17.0. The van der Waals surface area contributed by atoms with Crippen molar-refractivity contribution in [2.24, 2.45) is 0 Å². The van der Waals surface area contributed by atoms with E-state index in [1.807, 2.05) is 60.7 Å². The lowest BCUT2D eigenvalue weighted by atomic mass is 10.0. The number of anilines is 2. The molecule has 0 aliphatic heterocycles. The summed E-state index contributed by atoms with van der Waals surface area (Å²) in [6.45, 7) is 0. The first kappa shape index (κ1) is 32.6. The summed E-state index contributed by atoms with van der Waals surface area (Å²) in [6, 6.07) is 22.1. The van der Waals surface area contributed by atoms with Crippen LogP contribution in [0.25, 0.3) is 22.1 Å². The monoisotopic (exact) mass is 706 g/mol. The van der Waals surface area contributed by atoms with Crippen LogP contribution in [0.2, 0.25) is 10.0 Å². The average Bonchev–Trinajstić information content (AvgIpc) is 3.68. The number of aromatic amines is 2. The predicted molar refractivity (Wildman–Crippen MR) is 190 cm³/mol. The molecule has 2 aromatic heterocycles. The Morgan fingerprint density at radius 1 is 0.681 bits per heavy atom. The topological polar surface area (TPSA) is 134 Å². The fraction of sp³-hybridized carbons (Fsp3) is 0.152. The third-order valence-corrected chi connectivity index (χ3v) is 9.41. The smallest absolute Gasteiger partial charge is 0.234 e. The molecule has 0 saturated heterocycles. The summed E-state index contributed by atoms with van der Waals surface area (Å²) in [4.78, 5) is 40.7. The minimum absolute atomic E-state index is 0.157. The van der Waals surface area contributed by atoms with Gasteiger partial charge in [0.05, 0.1) is 69.2 Å². The number of ether oxygens (including phenoxy) is 2. The molecule has 4 N–H and O–H groups in total. The quantitative estimate of drug-likeness (QED) is 0.0947. The van der Waals surface area contributed by atoms with Crippen molar-refractivity contribution in [1.82, 2.24) is 19.9 Å². The number of nitrogens with zero attached hydrogens (tertiary/aromatic N) is 2. The maximum Gasteiger partial charge on any atom is 0.234 e. The Kier molecular flexibility index (Phi) is 10.1. The average molecular weight is 708 g/mol. The number of methoxy groups -OCH3 is 2. The maximum absolute atomic E-state index is 12.6. The van der Waals surface area contributed by atoms with Crippen molar-refractivity contribution in [1.29, 1.82) is 0 Å². The summed E-state index contributed by atoms with van der Waals surface area (Å²) >= 11 is 15.6. The van der Waals surface area contributed by atoms with Gasteiger partial charge in [-0.2, -0.15) is 0 Å². The van der Waals surface area contributed by atoms with E-state index in [-0.39, 0.29) is 23.3 Å². The molecular weight excluding hydrogens is 679 g/mol. The van der Waals surface area contributed by atoms with Crippen molar-refractivity contribution >= 4 is 92.0 Å². The predicted octanol–water partition coefficient (Wildman–Crippen LogP) is 7.82. The highest BCUT2D eigenvalue weighted by molar-refractivity contribution is 8.00. The SMILES string of the molecule is COc1ccc2nc(SCC(=O)Nc3ccc(Cc4ccc(NC(=O)CSc5nc6ccc(OC)cc6[nH]5)c(Cl)c4)cc3Cl)[nH]c2c1. The highest BCUT2D eigenvalue weighted by Crippen LogP contribution is 2.29. The van der Waals surface area contributed by atoms with Crippen LogP contribution in [0.5, 0.6) is 11.5 Å². The van der Waals surface area contributed by atoms with Crippen LogP contribution >= 0.6 is 46.7 Å². The fourth-order valence-electron chi connectivity index (χ4n) is 4.74. The number of rotatable bonds is 12. The number of carbonyl (C=O) groups excluding carboxylic acids is 2. The third kappa shape index (κ3) is 8.14. The molecule has 0 aliphatic carbocycles. The summed E-state index contributed by atoms with van der Waals surface area (Å²) in [6.07, 6.45) is 0.557. The van der Waals surface area contributed by atoms with Crippen molar-refractivity contribution in [3.8, 4) is 11.5 Å². The number of thioether (sulfide) groups is 2. The summed E-state index contributed by atoms with van der Waals surface area (Å²) in [5.41, 5.74) is 6.18. The van der Waals surface area contributed by atoms with E-state index in [0.29, 0.717) is 38.2 Å². The number of halogens is 2. The van der Waals surface area contributed by atoms with Gasteiger partial charge in [-0.25, -0.2) is 9.97 Å². The number of nitrogens with one attached hydrogen (secondary N) is 4. The highest BCUT2D eigenvalue weighted by atomic mass is 35.5. The molecule has 2 amide bonds. The number of amides is 2. The molecule has 0 radical (unpaired) electrons. The van der Waals surface area contributed by atoms with Gasteiger partial charge in [-0.1, -0.05) is 58.9 Å². The van der Waals surface area contributed by atoms with Crippen LogP contribution in [0.4, 0.5) is 11.4 Å². The van der Waals surface area contributed by atoms with Gasteiger partial charge >= 0.3 is 0 Å². The Balaban J connectivity index is 0.992. The molecule has 0 fully saturated rings. The molecule has 240 valence electrons. The number of aromatic nitrogens is 4. The maximum atomic E-state index is 12.6. The number of carbonyl (C=O) groups is 2. The van der Waals surface area contributed by atoms with Gasteiger partial charge in [0.1, 0.15) is 11.5 Å². The van der Waals surface area contributed by atoms with Crippen LogP contribution in [0, 0.1) is 0 Å². The van der Waals surface area contributed by atoms with E-state index in [9.17, 15) is 9.59 Å². The van der Waals surface area contributed by atoms with E-state index in [2.05, 4.69) is 30.6 Å². The van der Waals surface area contributed by atoms with Crippen LogP contribution in [0.15, 0.2) is 83.1 Å². The molecule has 0 atom stereocenters. The number of imidazole rings is 2. The number of hydrogen-bond acceptors (Lipinski definition) is 8. The highest BCUT2D eigenvalue weighted by Gasteiger charge is 2.13. The fourth-order valence-corrected chi connectivity index (χ4v) is 6.61. The van der Waals surface area contributed by atoms with Crippen molar-refractivity contribution in [2.45, 2.75) is 16.7 Å². The zero-order chi connectivity index (χ0) is 32.9. The lowest BCUT2D eigenvalue weighted by Crippen LogP contribution is -2.14. The molecule has 0 bridgehead atoms. The zero-order valence-electron chi connectivity index (χ0n) is 25.1. The molecule has 0 spiro atoms. The second kappa shape index (κ2) is 14.6. The Morgan fingerprint density at radius 2 is 1.13 bits per heavy atom. The Hall–Kier alpha value is -4.36. The second-order valence-electron chi connectivity index (χ2n) is 10.3. The van der Waals surface area contributed by atoms with Gasteiger partial charge in [-0.15, -0.1) is 0 Å². The Bertz CT molecular complexity index is 1950. The summed E-state index contributed by atoms with van der Waals surface area (Å²) in [5.74, 6) is 1.36. The summed E-state index contributed by atoms with van der Waals surface area (Å²) in [5, 5.41) is 7.85. The normalized spacial score (nSPS) is 11.1. The molecule has 2 heterocycles. The summed E-state index contributed by atoms with van der Waals surface area (Å²) < 4.78 is 10.5. The van der Waals surface area contributed by atoms with Gasteiger partial charge in [-0.05, 0) is 66.1 Å². The molecule has 6 aromatic rings. The first-order valence-electron chi connectivity index (χ1n) is 14.3. The molecular formula is C33H28Cl2N6O4S2. The molecule has 10 nitrogen and oxygen atoms in total. The van der Waals surface area contributed by atoms with E-state index < -0.39 is 0 Å². The molecule has 0 aliphatic rings. The van der Waals surface area contributed by atoms with Crippen LogP contribution in [-0.2, 0) is 16.0 Å². The number of hydrogen-bond donors (Lipinski definition) is 4. The van der Waals surface area contributed by atoms with E-state index in [1.165, 1.54) is 23.5 Å². The molecule has 0 saturated carbocycles. The van der Waals surface area contributed by atoms with Crippen LogP contribution in [-0.4, -0.2) is 57.5 Å². The minimum atomic E-state index is -0.205. The van der Waals surface area contributed by atoms with E-state index in [4.69, 9.17) is 32.7 Å². The molecule has 14 heteroatoms. The van der Waals surface area contributed by atoms with Gasteiger partial charge in [-0.3, -0.25) is 9.59 Å². The molecule has 0 unspecified atom stereocenters. The van der Waals surface area contributed by atoms with Crippen molar-refractivity contribution in [2.75, 3.05) is 36.4 Å². The number of H-pyrrole nitrogens is 2. The third-order valence-electron chi connectivity index (χ3n) is 7.04.